The molecule has 0 atom stereocenters. The SMILES string of the molecule is CCN(C(C)C)C1CCN(Cc2ccc(Cl)cc2)CC1. The van der Waals surface area contributed by atoms with Crippen molar-refractivity contribution in [2.24, 2.45) is 0 Å². The number of likely N-dealkylation sites (tertiary alicyclic amines) is 1. The van der Waals surface area contributed by atoms with Gasteiger partial charge in [0.15, 0.2) is 0 Å². The van der Waals surface area contributed by atoms with Gasteiger partial charge >= 0.3 is 0 Å². The minimum atomic E-state index is 0.660. The fourth-order valence-electron chi connectivity index (χ4n) is 3.30. The third kappa shape index (κ3) is 4.21. The summed E-state index contributed by atoms with van der Waals surface area (Å²) in [7, 11) is 0. The van der Waals surface area contributed by atoms with E-state index in [4.69, 9.17) is 11.6 Å². The Hall–Kier alpha value is -0.570. The van der Waals surface area contributed by atoms with Gasteiger partial charge in [-0.1, -0.05) is 30.7 Å². The zero-order valence-corrected chi connectivity index (χ0v) is 13.7. The van der Waals surface area contributed by atoms with E-state index in [9.17, 15) is 0 Å². The van der Waals surface area contributed by atoms with Crippen LogP contribution in [-0.2, 0) is 6.54 Å². The van der Waals surface area contributed by atoms with E-state index in [1.54, 1.807) is 0 Å². The van der Waals surface area contributed by atoms with Crippen LogP contribution in [0.15, 0.2) is 24.3 Å². The number of hydrogen-bond acceptors (Lipinski definition) is 2. The van der Waals surface area contributed by atoms with Crippen LogP contribution in [0.25, 0.3) is 0 Å². The van der Waals surface area contributed by atoms with Crippen molar-refractivity contribution < 1.29 is 0 Å². The van der Waals surface area contributed by atoms with E-state index in [1.165, 1.54) is 38.0 Å². The van der Waals surface area contributed by atoms with Crippen molar-refractivity contribution in [2.45, 2.75) is 52.2 Å². The summed E-state index contributed by atoms with van der Waals surface area (Å²) in [6.07, 6.45) is 2.58. The molecule has 0 radical (unpaired) electrons. The molecule has 2 nitrogen and oxygen atoms in total. The summed E-state index contributed by atoms with van der Waals surface area (Å²) >= 11 is 5.93. The van der Waals surface area contributed by atoms with Crippen molar-refractivity contribution >= 4 is 11.6 Å². The van der Waals surface area contributed by atoms with Crippen molar-refractivity contribution in [3.8, 4) is 0 Å². The third-order valence-electron chi connectivity index (χ3n) is 4.37. The molecule has 0 aromatic heterocycles. The maximum atomic E-state index is 5.93. The first-order valence-electron chi connectivity index (χ1n) is 7.82. The predicted molar refractivity (Wildman–Crippen MR) is 87.3 cm³/mol. The Balaban J connectivity index is 1.83. The smallest absolute Gasteiger partial charge is 0.0406 e. The summed E-state index contributed by atoms with van der Waals surface area (Å²) in [5.41, 5.74) is 1.36. The van der Waals surface area contributed by atoms with Gasteiger partial charge in [0.1, 0.15) is 0 Å². The molecular formula is C17H27ClN2. The molecule has 3 heteroatoms. The Kier molecular flexibility index (Phi) is 5.88. The van der Waals surface area contributed by atoms with Crippen LogP contribution in [0.5, 0.6) is 0 Å². The van der Waals surface area contributed by atoms with Gasteiger partial charge in [0, 0.05) is 23.7 Å². The second-order valence-electron chi connectivity index (χ2n) is 6.06. The summed E-state index contributed by atoms with van der Waals surface area (Å²) < 4.78 is 0. The molecule has 0 spiro atoms. The average Bonchev–Trinajstić information content (AvgIpc) is 2.44. The molecule has 1 aliphatic rings. The number of piperidine rings is 1. The van der Waals surface area contributed by atoms with Crippen molar-refractivity contribution in [3.05, 3.63) is 34.9 Å². The monoisotopic (exact) mass is 294 g/mol. The summed E-state index contributed by atoms with van der Waals surface area (Å²) in [5.74, 6) is 0. The van der Waals surface area contributed by atoms with Gasteiger partial charge < -0.3 is 0 Å². The molecule has 1 aliphatic heterocycles. The van der Waals surface area contributed by atoms with E-state index >= 15 is 0 Å². The zero-order valence-electron chi connectivity index (χ0n) is 13.0. The van der Waals surface area contributed by atoms with E-state index < -0.39 is 0 Å². The second-order valence-corrected chi connectivity index (χ2v) is 6.49. The lowest BCUT2D eigenvalue weighted by Crippen LogP contribution is -2.47. The molecule has 1 aromatic carbocycles. The lowest BCUT2D eigenvalue weighted by molar-refractivity contribution is 0.0865. The zero-order chi connectivity index (χ0) is 14.5. The maximum absolute atomic E-state index is 5.93. The van der Waals surface area contributed by atoms with Crippen LogP contribution < -0.4 is 0 Å². The number of benzene rings is 1. The van der Waals surface area contributed by atoms with Crippen molar-refractivity contribution in [2.75, 3.05) is 19.6 Å². The first-order chi connectivity index (χ1) is 9.60. The van der Waals surface area contributed by atoms with Crippen molar-refractivity contribution in [3.63, 3.8) is 0 Å². The first kappa shape index (κ1) is 15.8. The summed E-state index contributed by atoms with van der Waals surface area (Å²) in [4.78, 5) is 5.20. The van der Waals surface area contributed by atoms with Gasteiger partial charge in [-0.05, 0) is 64.0 Å². The van der Waals surface area contributed by atoms with Gasteiger partial charge in [-0.25, -0.2) is 0 Å². The molecule has 1 fully saturated rings. The highest BCUT2D eigenvalue weighted by atomic mass is 35.5. The quantitative estimate of drug-likeness (QED) is 0.809. The molecule has 0 bridgehead atoms. The van der Waals surface area contributed by atoms with Crippen molar-refractivity contribution in [1.82, 2.24) is 9.80 Å². The standard InChI is InChI=1S/C17H27ClN2/c1-4-20(14(2)3)17-9-11-19(12-10-17)13-15-5-7-16(18)8-6-15/h5-8,14,17H,4,9-13H2,1-3H3. The summed E-state index contributed by atoms with van der Waals surface area (Å²) in [5, 5.41) is 0.822. The van der Waals surface area contributed by atoms with E-state index in [2.05, 4.69) is 42.7 Å². The Morgan fingerprint density at radius 1 is 1.20 bits per heavy atom. The van der Waals surface area contributed by atoms with Crippen LogP contribution in [0.4, 0.5) is 0 Å². The maximum Gasteiger partial charge on any atom is 0.0406 e. The highest BCUT2D eigenvalue weighted by molar-refractivity contribution is 6.30. The van der Waals surface area contributed by atoms with Gasteiger partial charge in [-0.3, -0.25) is 9.80 Å². The molecule has 2 rings (SSSR count). The van der Waals surface area contributed by atoms with Crippen LogP contribution in [0.2, 0.25) is 5.02 Å². The van der Waals surface area contributed by atoms with Gasteiger partial charge in [0.25, 0.3) is 0 Å². The molecule has 112 valence electrons. The topological polar surface area (TPSA) is 6.48 Å². The third-order valence-corrected chi connectivity index (χ3v) is 4.63. The van der Waals surface area contributed by atoms with Crippen LogP contribution >= 0.6 is 11.6 Å². The molecule has 1 heterocycles. The van der Waals surface area contributed by atoms with Crippen LogP contribution in [-0.4, -0.2) is 41.5 Å². The fourth-order valence-corrected chi connectivity index (χ4v) is 3.43. The van der Waals surface area contributed by atoms with Gasteiger partial charge in [0.05, 0.1) is 0 Å². The number of hydrogen-bond donors (Lipinski definition) is 0. The molecule has 0 saturated carbocycles. The Morgan fingerprint density at radius 3 is 2.30 bits per heavy atom. The summed E-state index contributed by atoms with van der Waals surface area (Å²) in [6.45, 7) is 11.5. The minimum absolute atomic E-state index is 0.660. The van der Waals surface area contributed by atoms with E-state index in [-0.39, 0.29) is 0 Å². The second kappa shape index (κ2) is 7.44. The lowest BCUT2D eigenvalue weighted by Gasteiger charge is -2.40. The first-order valence-corrected chi connectivity index (χ1v) is 8.20. The Labute approximate surface area is 128 Å². The largest absolute Gasteiger partial charge is 0.299 e. The molecule has 1 aromatic rings. The number of nitrogens with zero attached hydrogens (tertiary/aromatic N) is 2. The van der Waals surface area contributed by atoms with Crippen LogP contribution in [0.1, 0.15) is 39.2 Å². The predicted octanol–water partition coefficient (Wildman–Crippen LogP) is 4.03. The number of halogens is 1. The molecule has 0 aliphatic carbocycles. The Morgan fingerprint density at radius 2 is 1.80 bits per heavy atom. The normalized spacial score (nSPS) is 18.1. The summed E-state index contributed by atoms with van der Waals surface area (Å²) in [6, 6.07) is 9.68. The minimum Gasteiger partial charge on any atom is -0.299 e. The van der Waals surface area contributed by atoms with Gasteiger partial charge in [0.2, 0.25) is 0 Å². The van der Waals surface area contributed by atoms with Crippen LogP contribution in [0.3, 0.4) is 0 Å². The number of rotatable bonds is 5. The van der Waals surface area contributed by atoms with Gasteiger partial charge in [-0.15, -0.1) is 0 Å². The van der Waals surface area contributed by atoms with Gasteiger partial charge in [-0.2, -0.15) is 0 Å². The van der Waals surface area contributed by atoms with E-state index in [1.807, 2.05) is 12.1 Å². The Bertz CT molecular complexity index is 394. The fraction of sp³-hybridized carbons (Fsp3) is 0.647. The van der Waals surface area contributed by atoms with Crippen molar-refractivity contribution in [1.29, 1.82) is 0 Å². The molecule has 1 saturated heterocycles. The van der Waals surface area contributed by atoms with E-state index in [0.29, 0.717) is 6.04 Å². The molecule has 20 heavy (non-hydrogen) atoms. The average molecular weight is 295 g/mol. The molecular weight excluding hydrogens is 268 g/mol. The molecule has 0 unspecified atom stereocenters. The van der Waals surface area contributed by atoms with E-state index in [0.717, 1.165) is 17.6 Å². The lowest BCUT2D eigenvalue weighted by atomic mass is 10.0. The molecule has 0 amide bonds. The highest BCUT2D eigenvalue weighted by Crippen LogP contribution is 2.20. The molecule has 0 N–H and O–H groups in total. The van der Waals surface area contributed by atoms with Crippen LogP contribution in [0, 0.1) is 0 Å². The highest BCUT2D eigenvalue weighted by Gasteiger charge is 2.24.